The van der Waals surface area contributed by atoms with Gasteiger partial charge in [-0.2, -0.15) is 0 Å². The van der Waals surface area contributed by atoms with Gasteiger partial charge in [-0.3, -0.25) is 0 Å². The van der Waals surface area contributed by atoms with Crippen molar-refractivity contribution in [3.8, 4) is 0 Å². The van der Waals surface area contributed by atoms with E-state index in [1.807, 2.05) is 0 Å². The Kier molecular flexibility index (Phi) is 5.36. The van der Waals surface area contributed by atoms with Gasteiger partial charge in [-0.15, -0.1) is 19.9 Å². The lowest BCUT2D eigenvalue weighted by Gasteiger charge is -2.36. The van der Waals surface area contributed by atoms with Crippen LogP contribution in [0.1, 0.15) is 0 Å². The van der Waals surface area contributed by atoms with Gasteiger partial charge in [0.1, 0.15) is 0 Å². The fraction of sp³-hybridized carbons (Fsp3) is 0.235. The topological polar surface area (TPSA) is 99.6 Å². The molecule has 2 atom stereocenters. The summed E-state index contributed by atoms with van der Waals surface area (Å²) in [5, 5.41) is 0. The van der Waals surface area contributed by atoms with E-state index in [1.54, 1.807) is 11.6 Å². The number of nitrogens with zero attached hydrogens (tertiary/aromatic N) is 3. The van der Waals surface area contributed by atoms with Gasteiger partial charge in [0.15, 0.2) is 37.3 Å². The maximum Gasteiger partial charge on any atom is 0.246 e. The molecule has 154 valence electrons. The summed E-state index contributed by atoms with van der Waals surface area (Å²) in [5.41, 5.74) is 2.31. The number of hydrogen-bond acceptors (Lipinski definition) is 6. The number of piperazine rings is 1. The highest BCUT2D eigenvalue weighted by atomic mass is 32.3. The first-order valence-electron chi connectivity index (χ1n) is 8.49. The summed E-state index contributed by atoms with van der Waals surface area (Å²) in [6, 6.07) is 7.41. The van der Waals surface area contributed by atoms with E-state index < -0.39 is 37.3 Å². The van der Waals surface area contributed by atoms with Crippen LogP contribution in [0.3, 0.4) is 0 Å². The molecule has 2 unspecified atom stereocenters. The van der Waals surface area contributed by atoms with Crippen LogP contribution in [-0.4, -0.2) is 48.9 Å². The van der Waals surface area contributed by atoms with Crippen molar-refractivity contribution in [2.24, 2.45) is 0 Å². The fourth-order valence-corrected chi connectivity index (χ4v) is 6.92. The predicted octanol–water partition coefficient (Wildman–Crippen LogP) is 2.70. The van der Waals surface area contributed by atoms with Crippen molar-refractivity contribution in [1.82, 2.24) is 13.6 Å². The SMILES string of the molecule is O=[S+]([O-])(c1ccc2ncsc2c1)N1CCN([S+](=O)([O-])c2c(F)cccc2F)CC1. The van der Waals surface area contributed by atoms with Gasteiger partial charge in [-0.25, -0.2) is 13.8 Å². The lowest BCUT2D eigenvalue weighted by atomic mass is 10.3. The van der Waals surface area contributed by atoms with E-state index in [0.29, 0.717) is 5.52 Å². The van der Waals surface area contributed by atoms with Gasteiger partial charge < -0.3 is 9.11 Å². The van der Waals surface area contributed by atoms with Gasteiger partial charge in [0.05, 0.1) is 41.9 Å². The molecule has 0 radical (unpaired) electrons. The molecule has 0 N–H and O–H groups in total. The Morgan fingerprint density at radius 2 is 1.52 bits per heavy atom. The third-order valence-electron chi connectivity index (χ3n) is 4.65. The summed E-state index contributed by atoms with van der Waals surface area (Å²) in [6.45, 7) is -0.674. The van der Waals surface area contributed by atoms with Crippen molar-refractivity contribution in [3.05, 3.63) is 53.5 Å². The highest BCUT2D eigenvalue weighted by Crippen LogP contribution is 2.31. The van der Waals surface area contributed by atoms with Crippen LogP contribution in [-0.2, 0) is 29.2 Å². The van der Waals surface area contributed by atoms with Crippen LogP contribution in [0.4, 0.5) is 8.78 Å². The molecule has 0 amide bonds. The van der Waals surface area contributed by atoms with Gasteiger partial charge >= 0.3 is 0 Å². The number of benzene rings is 2. The first-order valence-corrected chi connectivity index (χ1v) is 12.2. The highest BCUT2D eigenvalue weighted by Gasteiger charge is 2.42. The second kappa shape index (κ2) is 7.54. The monoisotopic (exact) mass is 459 g/mol. The van der Waals surface area contributed by atoms with E-state index in [0.717, 1.165) is 27.2 Å². The molecule has 0 spiro atoms. The van der Waals surface area contributed by atoms with Crippen molar-refractivity contribution in [3.63, 3.8) is 0 Å². The van der Waals surface area contributed by atoms with Gasteiger partial charge in [0.25, 0.3) is 0 Å². The largest absolute Gasteiger partial charge is 0.593 e. The number of thiazole rings is 1. The van der Waals surface area contributed by atoms with E-state index in [9.17, 15) is 26.3 Å². The third kappa shape index (κ3) is 3.65. The van der Waals surface area contributed by atoms with E-state index in [-0.39, 0.29) is 31.1 Å². The minimum Gasteiger partial charge on any atom is -0.593 e. The van der Waals surface area contributed by atoms with E-state index in [2.05, 4.69) is 4.98 Å². The van der Waals surface area contributed by atoms with E-state index in [1.165, 1.54) is 27.8 Å². The summed E-state index contributed by atoms with van der Waals surface area (Å²) in [5.74, 6) is -2.36. The minimum absolute atomic E-state index is 0.0886. The molecule has 2 heterocycles. The van der Waals surface area contributed by atoms with Crippen LogP contribution >= 0.6 is 11.3 Å². The summed E-state index contributed by atoms with van der Waals surface area (Å²) in [4.78, 5) is 3.18. The number of sulfonamides is 2. The van der Waals surface area contributed by atoms with Crippen LogP contribution in [0, 0.1) is 11.6 Å². The summed E-state index contributed by atoms with van der Waals surface area (Å²) in [6.07, 6.45) is 0. The summed E-state index contributed by atoms with van der Waals surface area (Å²) >= 11 is 1.32. The first kappa shape index (κ1) is 20.6. The minimum atomic E-state index is -4.42. The second-order valence-electron chi connectivity index (χ2n) is 6.34. The molecule has 0 aliphatic carbocycles. The maximum absolute atomic E-state index is 13.9. The fourth-order valence-electron chi connectivity index (χ4n) is 3.15. The van der Waals surface area contributed by atoms with Crippen molar-refractivity contribution in [2.75, 3.05) is 26.2 Å². The molecule has 3 aromatic rings. The predicted molar refractivity (Wildman–Crippen MR) is 103 cm³/mol. The second-order valence-corrected chi connectivity index (χ2v) is 11.0. The zero-order valence-electron chi connectivity index (χ0n) is 14.8. The van der Waals surface area contributed by atoms with Crippen LogP contribution < -0.4 is 0 Å². The Labute approximate surface area is 171 Å². The lowest BCUT2D eigenvalue weighted by molar-refractivity contribution is 0.240. The molecule has 1 saturated heterocycles. The van der Waals surface area contributed by atoms with Gasteiger partial charge in [0, 0.05) is 6.07 Å². The number of hydrogen-bond donors (Lipinski definition) is 0. The Balaban J connectivity index is 1.54. The van der Waals surface area contributed by atoms with Crippen molar-refractivity contribution in [1.29, 1.82) is 0 Å². The van der Waals surface area contributed by atoms with Crippen LogP contribution in [0.2, 0.25) is 0 Å². The van der Waals surface area contributed by atoms with Gasteiger partial charge in [0.2, 0.25) is 4.90 Å². The molecule has 29 heavy (non-hydrogen) atoms. The lowest BCUT2D eigenvalue weighted by Crippen LogP contribution is -2.53. The molecule has 1 fully saturated rings. The Morgan fingerprint density at radius 3 is 2.14 bits per heavy atom. The van der Waals surface area contributed by atoms with Gasteiger partial charge in [-0.1, -0.05) is 14.5 Å². The molecule has 0 bridgehead atoms. The van der Waals surface area contributed by atoms with Crippen LogP contribution in [0.25, 0.3) is 10.2 Å². The average Bonchev–Trinajstić information content (AvgIpc) is 3.15. The quantitative estimate of drug-likeness (QED) is 0.559. The average molecular weight is 460 g/mol. The molecular weight excluding hydrogens is 444 g/mol. The Morgan fingerprint density at radius 1 is 0.931 bits per heavy atom. The molecule has 1 aliphatic heterocycles. The van der Waals surface area contributed by atoms with Crippen LogP contribution in [0.15, 0.2) is 51.7 Å². The third-order valence-corrected chi connectivity index (χ3v) is 9.29. The summed E-state index contributed by atoms with van der Waals surface area (Å²) < 4.78 is 81.8. The highest BCUT2D eigenvalue weighted by molar-refractivity contribution is 7.96. The molecule has 4 rings (SSSR count). The standard InChI is InChI=1S/C17H15F2N3O4S3/c18-13-2-1-3-14(19)17(13)29(25,26)22-8-6-21(7-9-22)28(23,24)12-4-5-15-16(10-12)27-11-20-15/h1-5,10-11H,6-9H2. The van der Waals surface area contributed by atoms with Crippen molar-refractivity contribution >= 4 is 42.4 Å². The number of halogens is 2. The molecule has 1 aromatic heterocycles. The zero-order valence-corrected chi connectivity index (χ0v) is 17.3. The Hall–Kier alpha value is -1.67. The van der Waals surface area contributed by atoms with E-state index in [4.69, 9.17) is 0 Å². The van der Waals surface area contributed by atoms with Crippen molar-refractivity contribution in [2.45, 2.75) is 9.79 Å². The van der Waals surface area contributed by atoms with Crippen molar-refractivity contribution < 1.29 is 26.3 Å². The molecule has 7 nitrogen and oxygen atoms in total. The zero-order chi connectivity index (χ0) is 20.8. The molecule has 12 heteroatoms. The molecule has 0 saturated carbocycles. The molecular formula is C17H15F2N3O4S3. The summed E-state index contributed by atoms with van der Waals surface area (Å²) in [7, 11) is -8.26. The first-order chi connectivity index (χ1) is 13.7. The smallest absolute Gasteiger partial charge is 0.246 e. The van der Waals surface area contributed by atoms with Gasteiger partial charge in [-0.05, 0) is 24.3 Å². The normalized spacial score (nSPS) is 20.4. The van der Waals surface area contributed by atoms with Crippen LogP contribution in [0.5, 0.6) is 0 Å². The number of fused-ring (bicyclic) bond motifs is 1. The Bertz CT molecular complexity index is 1140. The number of aromatic nitrogens is 1. The molecule has 1 aliphatic rings. The molecule has 2 aromatic carbocycles. The number of rotatable bonds is 4. The maximum atomic E-state index is 13.9. The van der Waals surface area contributed by atoms with E-state index >= 15 is 0 Å².